The van der Waals surface area contributed by atoms with Gasteiger partial charge in [-0.3, -0.25) is 18.6 Å². The van der Waals surface area contributed by atoms with E-state index < -0.39 is 26.5 Å². The van der Waals surface area contributed by atoms with Gasteiger partial charge in [-0.15, -0.1) is 0 Å². The Kier molecular flexibility index (Phi) is 76.6. The zero-order chi connectivity index (χ0) is 71.5. The van der Waals surface area contributed by atoms with Gasteiger partial charge in [0.15, 0.2) is 6.10 Å². The first-order chi connectivity index (χ1) is 48.8. The summed E-state index contributed by atoms with van der Waals surface area (Å²) < 4.78 is 33.2. The quantitative estimate of drug-likeness (QED) is 0.0264. The monoisotopic (exact) mass is 1380 g/mol. The normalized spacial score (nSPS) is 14.1. The van der Waals surface area contributed by atoms with Gasteiger partial charge in [0.1, 0.15) is 6.61 Å². The van der Waals surface area contributed by atoms with Crippen LogP contribution in [0.1, 0.15) is 296 Å². The maximum Gasteiger partial charge on any atom is 0.472 e. The molecule has 10 heteroatoms. The highest BCUT2D eigenvalue weighted by atomic mass is 31.2. The number of phosphoric acid groups is 1. The summed E-state index contributed by atoms with van der Waals surface area (Å²) in [6.45, 7) is 3.50. The fraction of sp³-hybridized carbons (Fsp3) is 0.573. The average molecular weight is 1390 g/mol. The van der Waals surface area contributed by atoms with E-state index in [0.717, 1.165) is 167 Å². The molecule has 0 aliphatic heterocycles. The van der Waals surface area contributed by atoms with Gasteiger partial charge in [0, 0.05) is 19.4 Å². The first kappa shape index (κ1) is 93.3. The number of carbonyl (C=O) groups is 2. The van der Waals surface area contributed by atoms with Crippen LogP contribution in [0.5, 0.6) is 0 Å². The smallest absolute Gasteiger partial charge is 0.462 e. The molecule has 0 saturated carbocycles. The largest absolute Gasteiger partial charge is 0.472 e. The van der Waals surface area contributed by atoms with E-state index >= 15 is 0 Å². The van der Waals surface area contributed by atoms with E-state index in [1.54, 1.807) is 0 Å². The molecule has 0 rings (SSSR count). The molecular formula is C89H142NO8P. The van der Waals surface area contributed by atoms with Crippen LogP contribution in [0.3, 0.4) is 0 Å². The Balaban J connectivity index is 3.95. The number of hydrogen-bond acceptors (Lipinski definition) is 8. The van der Waals surface area contributed by atoms with Crippen LogP contribution in [0.25, 0.3) is 0 Å². The molecule has 99 heavy (non-hydrogen) atoms. The van der Waals surface area contributed by atoms with E-state index in [0.29, 0.717) is 6.42 Å². The van der Waals surface area contributed by atoms with Crippen LogP contribution in [0.4, 0.5) is 0 Å². The van der Waals surface area contributed by atoms with Crippen molar-refractivity contribution in [2.24, 2.45) is 5.73 Å². The van der Waals surface area contributed by atoms with Crippen molar-refractivity contribution in [2.75, 3.05) is 26.4 Å². The minimum absolute atomic E-state index is 0.0428. The zero-order valence-electron chi connectivity index (χ0n) is 62.6. The van der Waals surface area contributed by atoms with Gasteiger partial charge in [-0.2, -0.15) is 0 Å². The lowest BCUT2D eigenvalue weighted by Gasteiger charge is -2.19. The third kappa shape index (κ3) is 81.2. The fourth-order valence-electron chi connectivity index (χ4n) is 10.2. The molecule has 0 saturated heterocycles. The van der Waals surface area contributed by atoms with Crippen LogP contribution in [0.2, 0.25) is 0 Å². The van der Waals surface area contributed by atoms with E-state index in [9.17, 15) is 19.0 Å². The highest BCUT2D eigenvalue weighted by molar-refractivity contribution is 7.47. The number of hydrogen-bond donors (Lipinski definition) is 2. The second-order valence-corrected chi connectivity index (χ2v) is 26.6. The molecule has 0 aliphatic carbocycles. The minimum atomic E-state index is -4.41. The molecule has 0 fully saturated rings. The zero-order valence-corrected chi connectivity index (χ0v) is 63.5. The van der Waals surface area contributed by atoms with Crippen molar-refractivity contribution in [2.45, 2.75) is 302 Å². The van der Waals surface area contributed by atoms with Gasteiger partial charge in [0.05, 0.1) is 13.2 Å². The Morgan fingerprint density at radius 2 is 0.525 bits per heavy atom. The molecule has 0 radical (unpaired) electrons. The molecular weight excluding hydrogens is 1240 g/mol. The number of unbranched alkanes of at least 4 members (excludes halogenated alkanes) is 22. The third-order valence-electron chi connectivity index (χ3n) is 15.9. The van der Waals surface area contributed by atoms with Gasteiger partial charge in [-0.05, 0) is 154 Å². The molecule has 2 atom stereocenters. The molecule has 0 bridgehead atoms. The van der Waals surface area contributed by atoms with Crippen molar-refractivity contribution in [3.8, 4) is 0 Å². The summed E-state index contributed by atoms with van der Waals surface area (Å²) in [6.07, 6.45) is 126. The molecule has 0 amide bonds. The molecule has 0 spiro atoms. The second kappa shape index (κ2) is 81.3. The van der Waals surface area contributed by atoms with Gasteiger partial charge in [0.2, 0.25) is 0 Å². The minimum Gasteiger partial charge on any atom is -0.462 e. The van der Waals surface area contributed by atoms with Gasteiger partial charge >= 0.3 is 19.8 Å². The Morgan fingerprint density at radius 1 is 0.303 bits per heavy atom. The summed E-state index contributed by atoms with van der Waals surface area (Å²) in [5.41, 5.74) is 5.41. The standard InChI is InChI=1S/C89H142NO8P/c1-3-5-7-9-11-13-15-17-19-21-23-25-27-29-31-33-35-37-39-41-42-43-44-46-48-50-52-54-56-58-60-62-64-66-68-70-72-74-76-78-80-82-89(92)98-87(86-97-99(93,94)96-84-83-90)85-95-88(91)81-79-77-75-73-71-69-67-65-63-61-59-57-55-53-51-49-47-45-40-38-36-34-32-30-28-26-24-22-20-18-16-14-12-10-8-6-4-2/h5-8,11-14,17-20,23-26,29-32,35-38,41-42,44-47,50-53,56,58,87H,3-4,9-10,15-16,21-22,27-28,33-34,39-40,43,48-49,54-55,57,59-86,90H2,1-2H3,(H,93,94)/b7-5-,8-6-,13-11-,14-12-,19-17-,20-18-,25-23-,26-24-,31-29-,32-30-,37-35-,38-36-,42-41-,46-44-,47-45-,52-50-,53-51-,58-56-. The Labute approximate surface area is 607 Å². The highest BCUT2D eigenvalue weighted by Crippen LogP contribution is 2.43. The number of phosphoric ester groups is 1. The van der Waals surface area contributed by atoms with Crippen LogP contribution in [0.15, 0.2) is 219 Å². The van der Waals surface area contributed by atoms with Crippen molar-refractivity contribution in [1.82, 2.24) is 0 Å². The van der Waals surface area contributed by atoms with E-state index in [4.69, 9.17) is 24.3 Å². The van der Waals surface area contributed by atoms with Crippen LogP contribution >= 0.6 is 7.82 Å². The Morgan fingerprint density at radius 3 is 0.778 bits per heavy atom. The lowest BCUT2D eigenvalue weighted by molar-refractivity contribution is -0.161. The van der Waals surface area contributed by atoms with Crippen molar-refractivity contribution in [3.05, 3.63) is 219 Å². The molecule has 556 valence electrons. The first-order valence-corrected chi connectivity index (χ1v) is 40.7. The van der Waals surface area contributed by atoms with Crippen LogP contribution in [-0.4, -0.2) is 49.3 Å². The second-order valence-electron chi connectivity index (χ2n) is 25.1. The number of ether oxygens (including phenoxy) is 2. The predicted octanol–water partition coefficient (Wildman–Crippen LogP) is 26.7. The summed E-state index contributed by atoms with van der Waals surface area (Å²) in [7, 11) is -4.41. The van der Waals surface area contributed by atoms with Crippen molar-refractivity contribution in [3.63, 3.8) is 0 Å². The summed E-state index contributed by atoms with van der Waals surface area (Å²) in [4.78, 5) is 35.5. The van der Waals surface area contributed by atoms with E-state index in [-0.39, 0.29) is 38.6 Å². The van der Waals surface area contributed by atoms with Crippen molar-refractivity contribution in [1.29, 1.82) is 0 Å². The lowest BCUT2D eigenvalue weighted by atomic mass is 10.0. The highest BCUT2D eigenvalue weighted by Gasteiger charge is 2.26. The molecule has 0 aromatic carbocycles. The van der Waals surface area contributed by atoms with Crippen molar-refractivity contribution < 1.29 is 37.6 Å². The van der Waals surface area contributed by atoms with E-state index in [1.165, 1.54) is 96.3 Å². The Hall–Kier alpha value is -5.67. The summed E-state index contributed by atoms with van der Waals surface area (Å²) in [5.74, 6) is -0.844. The molecule has 2 unspecified atom stereocenters. The fourth-order valence-corrected chi connectivity index (χ4v) is 10.9. The van der Waals surface area contributed by atoms with Crippen LogP contribution in [-0.2, 0) is 32.7 Å². The maximum atomic E-state index is 12.8. The Bertz CT molecular complexity index is 2440. The van der Waals surface area contributed by atoms with Gasteiger partial charge in [0.25, 0.3) is 0 Å². The molecule has 3 N–H and O–H groups in total. The molecule has 9 nitrogen and oxygen atoms in total. The molecule has 0 aliphatic rings. The third-order valence-corrected chi connectivity index (χ3v) is 16.8. The van der Waals surface area contributed by atoms with E-state index in [2.05, 4.69) is 233 Å². The topological polar surface area (TPSA) is 134 Å². The predicted molar refractivity (Wildman–Crippen MR) is 431 cm³/mol. The number of nitrogens with two attached hydrogens (primary N) is 1. The summed E-state index contributed by atoms with van der Waals surface area (Å²) in [5, 5.41) is 0. The van der Waals surface area contributed by atoms with Crippen molar-refractivity contribution >= 4 is 19.8 Å². The number of carbonyl (C=O) groups excluding carboxylic acids is 2. The van der Waals surface area contributed by atoms with Gasteiger partial charge in [-0.1, -0.05) is 348 Å². The SMILES string of the molecule is CC/C=C\C/C=C\C/C=C\C/C=C\C/C=C\C/C=C\C/C=C\C/C=C\C/C=C\C/C=C\CCCCCCCCCCCCC(=O)OC(COC(=O)CCCCCCCCCCCCCC/C=C\C/C=C\C/C=C\C/C=C\C/C=C\C/C=C\C/C=C\C/C=C\CC)COP(=O)(O)OCCN. The summed E-state index contributed by atoms with van der Waals surface area (Å²) >= 11 is 0. The number of rotatable bonds is 71. The van der Waals surface area contributed by atoms with E-state index in [1.807, 2.05) is 0 Å². The van der Waals surface area contributed by atoms with Gasteiger partial charge < -0.3 is 20.1 Å². The van der Waals surface area contributed by atoms with Crippen LogP contribution < -0.4 is 5.73 Å². The molecule has 0 heterocycles. The first-order valence-electron chi connectivity index (χ1n) is 39.2. The average Bonchev–Trinajstić information content (AvgIpc) is 1.19. The van der Waals surface area contributed by atoms with Gasteiger partial charge in [-0.25, -0.2) is 4.57 Å². The molecule has 0 aromatic heterocycles. The summed E-state index contributed by atoms with van der Waals surface area (Å²) in [6, 6.07) is 0. The van der Waals surface area contributed by atoms with Crippen LogP contribution in [0, 0.1) is 0 Å². The number of esters is 2. The lowest BCUT2D eigenvalue weighted by Crippen LogP contribution is -2.29. The molecule has 0 aromatic rings. The maximum absolute atomic E-state index is 12.8. The number of allylic oxidation sites excluding steroid dienone is 36.